The first kappa shape index (κ1) is 20.7. The molecular weight excluding hydrogens is 408 g/mol. The number of rotatable bonds is 7. The van der Waals surface area contributed by atoms with Gasteiger partial charge in [0.25, 0.3) is 5.91 Å². The van der Waals surface area contributed by atoms with Gasteiger partial charge < -0.3 is 19.2 Å². The zero-order chi connectivity index (χ0) is 21.1. The average Bonchev–Trinajstić information content (AvgIpc) is 3.38. The van der Waals surface area contributed by atoms with Gasteiger partial charge in [0.05, 0.1) is 31.1 Å². The van der Waals surface area contributed by atoms with Crippen molar-refractivity contribution in [2.75, 3.05) is 39.4 Å². The van der Waals surface area contributed by atoms with Gasteiger partial charge in [-0.25, -0.2) is 0 Å². The van der Waals surface area contributed by atoms with Crippen molar-refractivity contribution in [1.29, 1.82) is 0 Å². The van der Waals surface area contributed by atoms with Crippen LogP contribution in [0.1, 0.15) is 28.6 Å². The third kappa shape index (κ3) is 4.14. The lowest BCUT2D eigenvalue weighted by Crippen LogP contribution is -2.39. The van der Waals surface area contributed by atoms with Gasteiger partial charge in [0.2, 0.25) is 5.78 Å². The summed E-state index contributed by atoms with van der Waals surface area (Å²) in [5.74, 6) is -1.49. The summed E-state index contributed by atoms with van der Waals surface area (Å²) in [7, 11) is 0. The van der Waals surface area contributed by atoms with Crippen molar-refractivity contribution in [3.8, 4) is 0 Å². The Morgan fingerprint density at radius 1 is 1.13 bits per heavy atom. The molecule has 0 saturated carbocycles. The number of nitrogens with zero attached hydrogens (tertiary/aromatic N) is 2. The van der Waals surface area contributed by atoms with Crippen molar-refractivity contribution in [1.82, 2.24) is 9.80 Å². The highest BCUT2D eigenvalue weighted by Gasteiger charge is 2.44. The van der Waals surface area contributed by atoms with E-state index in [0.29, 0.717) is 36.8 Å². The highest BCUT2D eigenvalue weighted by Crippen LogP contribution is 2.39. The number of morpholine rings is 1. The van der Waals surface area contributed by atoms with Crippen LogP contribution >= 0.6 is 11.6 Å². The van der Waals surface area contributed by atoms with Crippen LogP contribution in [0.5, 0.6) is 0 Å². The molecule has 4 rings (SSSR count). The van der Waals surface area contributed by atoms with Gasteiger partial charge in [0.15, 0.2) is 11.5 Å². The zero-order valence-corrected chi connectivity index (χ0v) is 17.2. The van der Waals surface area contributed by atoms with E-state index in [0.717, 1.165) is 19.6 Å². The first-order valence-corrected chi connectivity index (χ1v) is 10.3. The lowest BCUT2D eigenvalue weighted by Gasteiger charge is -2.30. The molecule has 1 aromatic carbocycles. The van der Waals surface area contributed by atoms with Gasteiger partial charge >= 0.3 is 0 Å². The number of hydrogen-bond acceptors (Lipinski definition) is 6. The number of Topliss-reactive ketones (excluding diaryl/α,β-unsaturated/α-hetero) is 1. The molecule has 1 atom stereocenters. The molecule has 7 nitrogen and oxygen atoms in total. The Balaban J connectivity index is 1.59. The number of amides is 1. The Morgan fingerprint density at radius 3 is 2.53 bits per heavy atom. The summed E-state index contributed by atoms with van der Waals surface area (Å²) in [5.41, 5.74) is 0.738. The quantitative estimate of drug-likeness (QED) is 0.679. The Morgan fingerprint density at radius 2 is 1.87 bits per heavy atom. The molecule has 0 radical (unpaired) electrons. The summed E-state index contributed by atoms with van der Waals surface area (Å²) in [6, 6.07) is 9.37. The monoisotopic (exact) mass is 430 g/mol. The van der Waals surface area contributed by atoms with E-state index in [4.69, 9.17) is 20.8 Å². The summed E-state index contributed by atoms with van der Waals surface area (Å²) >= 11 is 6.02. The summed E-state index contributed by atoms with van der Waals surface area (Å²) in [4.78, 5) is 29.8. The van der Waals surface area contributed by atoms with Gasteiger partial charge in [-0.15, -0.1) is 0 Å². The van der Waals surface area contributed by atoms with E-state index >= 15 is 0 Å². The molecule has 158 valence electrons. The number of aliphatic hydroxyl groups is 1. The number of hydrogen-bond donors (Lipinski definition) is 1. The lowest BCUT2D eigenvalue weighted by molar-refractivity contribution is -0.129. The Labute approximate surface area is 179 Å². The van der Waals surface area contributed by atoms with Crippen LogP contribution in [0.4, 0.5) is 0 Å². The topological polar surface area (TPSA) is 83.2 Å². The average molecular weight is 431 g/mol. The molecule has 1 N–H and O–H groups in total. The molecule has 2 aliphatic heterocycles. The molecule has 0 bridgehead atoms. The fourth-order valence-corrected chi connectivity index (χ4v) is 4.06. The highest BCUT2D eigenvalue weighted by atomic mass is 35.5. The molecule has 8 heteroatoms. The lowest BCUT2D eigenvalue weighted by atomic mass is 9.95. The highest BCUT2D eigenvalue weighted by molar-refractivity contribution is 6.30. The van der Waals surface area contributed by atoms with E-state index in [2.05, 4.69) is 4.90 Å². The number of benzene rings is 1. The van der Waals surface area contributed by atoms with Crippen molar-refractivity contribution in [2.45, 2.75) is 12.5 Å². The van der Waals surface area contributed by atoms with Gasteiger partial charge in [-0.1, -0.05) is 23.7 Å². The van der Waals surface area contributed by atoms with Gasteiger partial charge in [-0.05, 0) is 36.2 Å². The van der Waals surface area contributed by atoms with Crippen molar-refractivity contribution < 1.29 is 23.8 Å². The minimum absolute atomic E-state index is 0.0312. The minimum atomic E-state index is -0.697. The predicted octanol–water partition coefficient (Wildman–Crippen LogP) is 3.23. The number of furan rings is 1. The van der Waals surface area contributed by atoms with Crippen LogP contribution < -0.4 is 0 Å². The summed E-state index contributed by atoms with van der Waals surface area (Å²) < 4.78 is 10.6. The van der Waals surface area contributed by atoms with Gasteiger partial charge in [0.1, 0.15) is 0 Å². The third-order valence-corrected chi connectivity index (χ3v) is 5.71. The van der Waals surface area contributed by atoms with Crippen LogP contribution in [0, 0.1) is 0 Å². The molecule has 0 unspecified atom stereocenters. The molecule has 1 fully saturated rings. The van der Waals surface area contributed by atoms with Crippen LogP contribution in [0.15, 0.2) is 58.4 Å². The molecular formula is C22H23ClN2O5. The molecule has 2 aromatic rings. The Bertz CT molecular complexity index is 933. The number of halogens is 1. The first-order chi connectivity index (χ1) is 14.6. The Kier molecular flexibility index (Phi) is 6.22. The van der Waals surface area contributed by atoms with E-state index in [9.17, 15) is 14.7 Å². The van der Waals surface area contributed by atoms with Crippen LogP contribution in [-0.4, -0.2) is 66.0 Å². The van der Waals surface area contributed by atoms with Crippen LogP contribution in [-0.2, 0) is 9.53 Å². The van der Waals surface area contributed by atoms with E-state index in [1.54, 1.807) is 35.2 Å². The summed E-state index contributed by atoms with van der Waals surface area (Å²) in [5, 5.41) is 11.2. The van der Waals surface area contributed by atoms with Gasteiger partial charge in [-0.3, -0.25) is 14.5 Å². The van der Waals surface area contributed by atoms with E-state index in [1.165, 1.54) is 12.3 Å². The largest absolute Gasteiger partial charge is 0.503 e. The number of aliphatic hydroxyl groups excluding tert-OH is 1. The third-order valence-electron chi connectivity index (χ3n) is 5.46. The Hall–Kier alpha value is -2.61. The van der Waals surface area contributed by atoms with Crippen molar-refractivity contribution >= 4 is 23.3 Å². The van der Waals surface area contributed by atoms with E-state index in [1.807, 2.05) is 0 Å². The minimum Gasteiger partial charge on any atom is -0.503 e. The number of ether oxygens (including phenoxy) is 1. The first-order valence-electron chi connectivity index (χ1n) is 9.94. The summed E-state index contributed by atoms with van der Waals surface area (Å²) in [6.45, 7) is 4.35. The second kappa shape index (κ2) is 9.04. The second-order valence-electron chi connectivity index (χ2n) is 7.33. The molecule has 1 saturated heterocycles. The maximum Gasteiger partial charge on any atom is 0.290 e. The van der Waals surface area contributed by atoms with Crippen molar-refractivity contribution in [3.05, 3.63) is 70.3 Å². The summed E-state index contributed by atoms with van der Waals surface area (Å²) in [6.07, 6.45) is 2.10. The smallest absolute Gasteiger partial charge is 0.290 e. The standard InChI is InChI=1S/C22H23ClN2O5/c23-16-6-4-15(5-7-16)19-18(20(26)17-3-1-12-30-17)21(27)22(28)25(19)9-2-8-24-10-13-29-14-11-24/h1,3-7,12,19,27H,2,8-11,13-14H2/t19-/m1/s1. The molecule has 0 spiro atoms. The number of carbonyl (C=O) groups is 2. The fourth-order valence-electron chi connectivity index (χ4n) is 3.94. The molecule has 2 aliphatic rings. The fraction of sp³-hybridized carbons (Fsp3) is 0.364. The number of carbonyl (C=O) groups excluding carboxylic acids is 2. The maximum atomic E-state index is 13.0. The SMILES string of the molecule is O=C(C1=C(O)C(=O)N(CCCN2CCOCC2)[C@@H]1c1ccc(Cl)cc1)c1ccco1. The second-order valence-corrected chi connectivity index (χ2v) is 7.77. The van der Waals surface area contributed by atoms with Crippen LogP contribution in [0.25, 0.3) is 0 Å². The number of ketones is 1. The zero-order valence-electron chi connectivity index (χ0n) is 16.4. The van der Waals surface area contributed by atoms with Crippen LogP contribution in [0.3, 0.4) is 0 Å². The predicted molar refractivity (Wildman–Crippen MR) is 110 cm³/mol. The van der Waals surface area contributed by atoms with Gasteiger partial charge in [-0.2, -0.15) is 0 Å². The van der Waals surface area contributed by atoms with Crippen molar-refractivity contribution in [2.24, 2.45) is 0 Å². The molecule has 1 aromatic heterocycles. The van der Waals surface area contributed by atoms with Crippen LogP contribution in [0.2, 0.25) is 5.02 Å². The van der Waals surface area contributed by atoms with E-state index < -0.39 is 23.5 Å². The molecule has 3 heterocycles. The van der Waals surface area contributed by atoms with Crippen molar-refractivity contribution in [3.63, 3.8) is 0 Å². The normalized spacial score (nSPS) is 20.2. The molecule has 0 aliphatic carbocycles. The molecule has 30 heavy (non-hydrogen) atoms. The van der Waals surface area contributed by atoms with E-state index in [-0.39, 0.29) is 11.3 Å². The van der Waals surface area contributed by atoms with Gasteiger partial charge in [0, 0.05) is 31.2 Å². The molecule has 1 amide bonds. The maximum absolute atomic E-state index is 13.0.